The van der Waals surface area contributed by atoms with E-state index in [1.165, 1.54) is 0 Å². The fourth-order valence-electron chi connectivity index (χ4n) is 2.32. The van der Waals surface area contributed by atoms with Gasteiger partial charge in [-0.3, -0.25) is 4.98 Å². The van der Waals surface area contributed by atoms with Gasteiger partial charge >= 0.3 is 6.09 Å². The first kappa shape index (κ1) is 17.2. The molecular formula is C18H24N2O3. The van der Waals surface area contributed by atoms with Gasteiger partial charge in [-0.15, -0.1) is 0 Å². The quantitative estimate of drug-likeness (QED) is 0.909. The molecule has 5 heteroatoms. The summed E-state index contributed by atoms with van der Waals surface area (Å²) >= 11 is 0. The molecule has 0 aliphatic heterocycles. The fourth-order valence-corrected chi connectivity index (χ4v) is 2.32. The van der Waals surface area contributed by atoms with Gasteiger partial charge < -0.3 is 15.2 Å². The monoisotopic (exact) mass is 316 g/mol. The van der Waals surface area contributed by atoms with Crippen LogP contribution in [-0.4, -0.2) is 34.4 Å². The third-order valence-electron chi connectivity index (χ3n) is 3.32. The van der Waals surface area contributed by atoms with Crippen LogP contribution in [0.1, 0.15) is 32.0 Å². The van der Waals surface area contributed by atoms with Crippen molar-refractivity contribution in [3.63, 3.8) is 0 Å². The Morgan fingerprint density at radius 2 is 2.04 bits per heavy atom. The molecule has 0 spiro atoms. The third kappa shape index (κ3) is 5.21. The molecule has 0 radical (unpaired) electrons. The normalized spacial score (nSPS) is 12.9. The van der Waals surface area contributed by atoms with Gasteiger partial charge in [0.25, 0.3) is 0 Å². The Labute approximate surface area is 136 Å². The summed E-state index contributed by atoms with van der Waals surface area (Å²) in [6.45, 7) is 7.22. The van der Waals surface area contributed by atoms with E-state index in [-0.39, 0.29) is 12.6 Å². The lowest BCUT2D eigenvalue weighted by molar-refractivity contribution is 0.0483. The van der Waals surface area contributed by atoms with Gasteiger partial charge in [-0.25, -0.2) is 4.79 Å². The molecule has 0 aliphatic carbocycles. The molecule has 0 saturated heterocycles. The summed E-state index contributed by atoms with van der Waals surface area (Å²) in [6, 6.07) is 9.56. The van der Waals surface area contributed by atoms with Crippen LogP contribution in [0.3, 0.4) is 0 Å². The van der Waals surface area contributed by atoms with Crippen LogP contribution in [0.15, 0.2) is 30.3 Å². The van der Waals surface area contributed by atoms with E-state index < -0.39 is 11.7 Å². The van der Waals surface area contributed by atoms with Gasteiger partial charge in [0, 0.05) is 11.1 Å². The summed E-state index contributed by atoms with van der Waals surface area (Å²) < 4.78 is 5.22. The molecule has 0 unspecified atom stereocenters. The minimum absolute atomic E-state index is 0.149. The van der Waals surface area contributed by atoms with Crippen molar-refractivity contribution < 1.29 is 14.6 Å². The molecule has 2 N–H and O–H groups in total. The number of carbonyl (C=O) groups is 1. The number of pyridine rings is 1. The van der Waals surface area contributed by atoms with Crippen LogP contribution < -0.4 is 5.32 Å². The Bertz CT molecular complexity index is 692. The van der Waals surface area contributed by atoms with Crippen molar-refractivity contribution in [3.8, 4) is 0 Å². The molecule has 0 fully saturated rings. The number of carbonyl (C=O) groups excluding carboxylic acids is 1. The van der Waals surface area contributed by atoms with Gasteiger partial charge in [-0.05, 0) is 57.9 Å². The minimum Gasteiger partial charge on any atom is -0.444 e. The second kappa shape index (κ2) is 6.96. The number of amides is 1. The number of alkyl carbamates (subject to hydrolysis) is 1. The van der Waals surface area contributed by atoms with Crippen molar-refractivity contribution in [2.24, 2.45) is 0 Å². The lowest BCUT2D eigenvalue weighted by atomic mass is 10.0. The molecule has 0 aliphatic rings. The Kier molecular flexibility index (Phi) is 5.21. The van der Waals surface area contributed by atoms with Gasteiger partial charge in [-0.1, -0.05) is 12.1 Å². The van der Waals surface area contributed by atoms with Gasteiger partial charge in [-0.2, -0.15) is 0 Å². The SMILES string of the molecule is Cc1ccc2cc(C[C@@H](CO)NC(=O)OC(C)(C)C)ccc2n1. The number of aliphatic hydroxyl groups excluding tert-OH is 1. The lowest BCUT2D eigenvalue weighted by Gasteiger charge is -2.22. The summed E-state index contributed by atoms with van der Waals surface area (Å²) in [7, 11) is 0. The summed E-state index contributed by atoms with van der Waals surface area (Å²) in [5, 5.41) is 13.2. The molecule has 23 heavy (non-hydrogen) atoms. The van der Waals surface area contributed by atoms with E-state index in [9.17, 15) is 9.90 Å². The Morgan fingerprint density at radius 1 is 1.30 bits per heavy atom. The maximum Gasteiger partial charge on any atom is 0.407 e. The molecule has 1 heterocycles. The number of rotatable bonds is 4. The molecular weight excluding hydrogens is 292 g/mol. The first-order valence-corrected chi connectivity index (χ1v) is 7.73. The number of benzene rings is 1. The maximum atomic E-state index is 11.8. The predicted molar refractivity (Wildman–Crippen MR) is 90.4 cm³/mol. The van der Waals surface area contributed by atoms with Crippen LogP contribution in [0.2, 0.25) is 0 Å². The van der Waals surface area contributed by atoms with E-state index >= 15 is 0 Å². The summed E-state index contributed by atoms with van der Waals surface area (Å²) in [5.74, 6) is 0. The zero-order valence-electron chi connectivity index (χ0n) is 14.1. The number of aryl methyl sites for hydroxylation is 1. The second-order valence-electron chi connectivity index (χ2n) is 6.71. The van der Waals surface area contributed by atoms with Crippen molar-refractivity contribution in [1.82, 2.24) is 10.3 Å². The van der Waals surface area contributed by atoms with Crippen LogP contribution in [0.25, 0.3) is 10.9 Å². The number of nitrogens with one attached hydrogen (secondary N) is 1. The number of aromatic nitrogens is 1. The van der Waals surface area contributed by atoms with Crippen LogP contribution in [0.5, 0.6) is 0 Å². The number of nitrogens with zero attached hydrogens (tertiary/aromatic N) is 1. The molecule has 2 rings (SSSR count). The van der Waals surface area contributed by atoms with E-state index in [0.29, 0.717) is 6.42 Å². The Hall–Kier alpha value is -2.14. The lowest BCUT2D eigenvalue weighted by Crippen LogP contribution is -2.42. The second-order valence-corrected chi connectivity index (χ2v) is 6.71. The molecule has 1 amide bonds. The van der Waals surface area contributed by atoms with Crippen molar-refractivity contribution in [1.29, 1.82) is 0 Å². The zero-order valence-corrected chi connectivity index (χ0v) is 14.1. The number of aliphatic hydroxyl groups is 1. The molecule has 1 aromatic carbocycles. The summed E-state index contributed by atoms with van der Waals surface area (Å²) in [6.07, 6.45) is 0.00848. The first-order chi connectivity index (χ1) is 10.8. The van der Waals surface area contributed by atoms with E-state index in [0.717, 1.165) is 22.2 Å². The topological polar surface area (TPSA) is 71.5 Å². The first-order valence-electron chi connectivity index (χ1n) is 7.73. The van der Waals surface area contributed by atoms with Crippen molar-refractivity contribution in [3.05, 3.63) is 41.6 Å². The number of fused-ring (bicyclic) bond motifs is 1. The molecule has 2 aromatic rings. The number of hydrogen-bond donors (Lipinski definition) is 2. The Balaban J connectivity index is 2.06. The summed E-state index contributed by atoms with van der Waals surface area (Å²) in [5.41, 5.74) is 2.38. The van der Waals surface area contributed by atoms with E-state index in [1.807, 2.05) is 37.3 Å². The van der Waals surface area contributed by atoms with E-state index in [4.69, 9.17) is 4.74 Å². The van der Waals surface area contributed by atoms with Crippen molar-refractivity contribution in [2.45, 2.75) is 45.8 Å². The molecule has 5 nitrogen and oxygen atoms in total. The molecule has 1 atom stereocenters. The Morgan fingerprint density at radius 3 is 2.70 bits per heavy atom. The highest BCUT2D eigenvalue weighted by Gasteiger charge is 2.19. The van der Waals surface area contributed by atoms with Crippen LogP contribution in [-0.2, 0) is 11.2 Å². The average molecular weight is 316 g/mol. The van der Waals surface area contributed by atoms with Crippen LogP contribution >= 0.6 is 0 Å². The average Bonchev–Trinajstić information content (AvgIpc) is 2.44. The molecule has 1 aromatic heterocycles. The van der Waals surface area contributed by atoms with Crippen molar-refractivity contribution in [2.75, 3.05) is 6.61 Å². The standard InChI is InChI=1S/C18H24N2O3/c1-12-5-7-14-9-13(6-8-16(14)19-12)10-15(11-21)20-17(22)23-18(2,3)4/h5-9,15,21H,10-11H2,1-4H3,(H,20,22)/t15-/m0/s1. The predicted octanol–water partition coefficient (Wildman–Crippen LogP) is 2.97. The third-order valence-corrected chi connectivity index (χ3v) is 3.32. The largest absolute Gasteiger partial charge is 0.444 e. The summed E-state index contributed by atoms with van der Waals surface area (Å²) in [4.78, 5) is 16.3. The zero-order chi connectivity index (χ0) is 17.0. The van der Waals surface area contributed by atoms with Crippen molar-refractivity contribution >= 4 is 17.0 Å². The number of hydrogen-bond acceptors (Lipinski definition) is 4. The highest BCUT2D eigenvalue weighted by atomic mass is 16.6. The minimum atomic E-state index is -0.559. The van der Waals surface area contributed by atoms with Gasteiger partial charge in [0.1, 0.15) is 5.60 Å². The van der Waals surface area contributed by atoms with E-state index in [2.05, 4.69) is 10.3 Å². The van der Waals surface area contributed by atoms with Gasteiger partial charge in [0.2, 0.25) is 0 Å². The highest BCUT2D eigenvalue weighted by Crippen LogP contribution is 2.16. The van der Waals surface area contributed by atoms with Crippen LogP contribution in [0, 0.1) is 6.92 Å². The van der Waals surface area contributed by atoms with E-state index in [1.54, 1.807) is 20.8 Å². The van der Waals surface area contributed by atoms with Gasteiger partial charge in [0.15, 0.2) is 0 Å². The van der Waals surface area contributed by atoms with Crippen LogP contribution in [0.4, 0.5) is 4.79 Å². The smallest absolute Gasteiger partial charge is 0.407 e. The maximum absolute atomic E-state index is 11.8. The number of ether oxygens (including phenoxy) is 1. The molecule has 0 bridgehead atoms. The molecule has 0 saturated carbocycles. The van der Waals surface area contributed by atoms with Gasteiger partial charge in [0.05, 0.1) is 18.2 Å². The molecule has 124 valence electrons. The highest BCUT2D eigenvalue weighted by molar-refractivity contribution is 5.79. The fraction of sp³-hybridized carbons (Fsp3) is 0.444.